The molecule has 1 aliphatic rings. The molecule has 5 rings (SSSR count). The third-order valence-electron chi connectivity index (χ3n) is 6.33. The average Bonchev–Trinajstić information content (AvgIpc) is 3.25. The van der Waals surface area contributed by atoms with Crippen LogP contribution in [-0.2, 0) is 9.59 Å². The largest absolute Gasteiger partial charge is 0.497 e. The van der Waals surface area contributed by atoms with E-state index in [0.717, 1.165) is 5.56 Å². The molecule has 2 amide bonds. The molecule has 36 heavy (non-hydrogen) atoms. The van der Waals surface area contributed by atoms with Gasteiger partial charge in [-0.3, -0.25) is 14.4 Å². The number of ketones is 1. The molecule has 0 bridgehead atoms. The zero-order chi connectivity index (χ0) is 25.6. The molecule has 4 aromatic rings. The van der Waals surface area contributed by atoms with E-state index in [1.54, 1.807) is 61.6 Å². The van der Waals surface area contributed by atoms with Gasteiger partial charge in [-0.25, -0.2) is 0 Å². The number of nitrogens with zero attached hydrogens (tertiary/aromatic N) is 1. The molecule has 0 aliphatic carbocycles. The van der Waals surface area contributed by atoms with Gasteiger partial charge < -0.3 is 24.1 Å². The molecule has 8 heteroatoms. The van der Waals surface area contributed by atoms with Crippen molar-refractivity contribution in [3.05, 3.63) is 83.6 Å². The van der Waals surface area contributed by atoms with Crippen LogP contribution in [0.2, 0.25) is 0 Å². The van der Waals surface area contributed by atoms with Crippen molar-refractivity contribution in [1.82, 2.24) is 0 Å². The quantitative estimate of drug-likeness (QED) is 0.325. The number of anilines is 2. The fraction of sp³-hybridized carbons (Fsp3) is 0.179. The zero-order valence-electron chi connectivity index (χ0n) is 20.2. The summed E-state index contributed by atoms with van der Waals surface area (Å²) in [5.74, 6) is -0.721. The minimum absolute atomic E-state index is 0.0500. The lowest BCUT2D eigenvalue weighted by Crippen LogP contribution is -2.59. The second-order valence-electron chi connectivity index (χ2n) is 8.78. The third kappa shape index (κ3) is 3.67. The summed E-state index contributed by atoms with van der Waals surface area (Å²) in [6.45, 7) is 3.32. The first kappa shape index (κ1) is 23.2. The van der Waals surface area contributed by atoms with Gasteiger partial charge in [-0.15, -0.1) is 0 Å². The van der Waals surface area contributed by atoms with Crippen LogP contribution in [-0.4, -0.2) is 37.4 Å². The summed E-state index contributed by atoms with van der Waals surface area (Å²) in [7, 11) is 3.14. The number of benzene rings is 3. The Morgan fingerprint density at radius 3 is 2.47 bits per heavy atom. The fourth-order valence-electron chi connectivity index (χ4n) is 4.25. The maximum absolute atomic E-state index is 13.6. The van der Waals surface area contributed by atoms with Crippen LogP contribution in [0.1, 0.15) is 28.6 Å². The molecule has 1 N–H and O–H groups in total. The van der Waals surface area contributed by atoms with Crippen molar-refractivity contribution in [1.29, 1.82) is 0 Å². The summed E-state index contributed by atoms with van der Waals surface area (Å²) in [5.41, 5.74) is 0.613. The molecule has 3 aromatic carbocycles. The van der Waals surface area contributed by atoms with Gasteiger partial charge in [-0.1, -0.05) is 18.2 Å². The van der Waals surface area contributed by atoms with E-state index in [1.807, 2.05) is 19.1 Å². The molecule has 1 aliphatic heterocycles. The van der Waals surface area contributed by atoms with E-state index in [2.05, 4.69) is 5.32 Å². The minimum Gasteiger partial charge on any atom is -0.497 e. The van der Waals surface area contributed by atoms with Crippen molar-refractivity contribution < 1.29 is 28.3 Å². The Morgan fingerprint density at radius 2 is 1.75 bits per heavy atom. The molecule has 1 aromatic heterocycles. The number of rotatable bonds is 5. The zero-order valence-corrected chi connectivity index (χ0v) is 20.2. The van der Waals surface area contributed by atoms with E-state index in [9.17, 15) is 14.4 Å². The fourth-order valence-corrected chi connectivity index (χ4v) is 4.25. The van der Waals surface area contributed by atoms with Crippen LogP contribution in [0.4, 0.5) is 11.4 Å². The monoisotopic (exact) mass is 484 g/mol. The second-order valence-corrected chi connectivity index (χ2v) is 8.78. The lowest BCUT2D eigenvalue weighted by molar-refractivity contribution is -0.144. The number of hydrogen-bond acceptors (Lipinski definition) is 6. The number of furan rings is 1. The number of para-hydroxylation sites is 1. The summed E-state index contributed by atoms with van der Waals surface area (Å²) in [4.78, 5) is 41.7. The highest BCUT2D eigenvalue weighted by Gasteiger charge is 2.50. The maximum atomic E-state index is 13.6. The Labute approximate surface area is 207 Å². The Hall–Kier alpha value is -4.59. The highest BCUT2D eigenvalue weighted by atomic mass is 16.5. The molecule has 0 saturated heterocycles. The van der Waals surface area contributed by atoms with Crippen LogP contribution in [0.25, 0.3) is 11.0 Å². The highest BCUT2D eigenvalue weighted by Crippen LogP contribution is 2.39. The Morgan fingerprint density at radius 1 is 1.03 bits per heavy atom. The van der Waals surface area contributed by atoms with E-state index in [0.29, 0.717) is 33.7 Å². The van der Waals surface area contributed by atoms with Crippen LogP contribution in [0.15, 0.2) is 71.1 Å². The highest BCUT2D eigenvalue weighted by molar-refractivity contribution is 6.23. The van der Waals surface area contributed by atoms with Crippen LogP contribution >= 0.6 is 0 Å². The van der Waals surface area contributed by atoms with Crippen molar-refractivity contribution in [2.45, 2.75) is 19.4 Å². The standard InChI is InChI=1S/C28H24N2O6/c1-16-9-14-22-20(15-16)30(3)27(33)28(2,36-22)26(32)29-23-19-7-5-6-8-21(19)35-25(23)24(31)17-10-12-18(34-4)13-11-17/h5-15H,1-4H3,(H,29,32). The van der Waals surface area contributed by atoms with Crippen LogP contribution in [0, 0.1) is 6.92 Å². The summed E-state index contributed by atoms with van der Waals surface area (Å²) in [6, 6.07) is 18.9. The molecule has 2 heterocycles. The number of likely N-dealkylation sites (N-methyl/N-ethyl adjacent to an activating group) is 1. The smallest absolute Gasteiger partial charge is 0.280 e. The SMILES string of the molecule is COc1ccc(C(=O)c2oc3ccccc3c2NC(=O)C2(C)Oc3ccc(C)cc3N(C)C2=O)cc1. The first-order valence-corrected chi connectivity index (χ1v) is 11.3. The number of ether oxygens (including phenoxy) is 2. The van der Waals surface area contributed by atoms with E-state index < -0.39 is 23.2 Å². The first-order valence-electron chi connectivity index (χ1n) is 11.3. The van der Waals surface area contributed by atoms with E-state index in [1.165, 1.54) is 18.9 Å². The van der Waals surface area contributed by atoms with E-state index in [-0.39, 0.29) is 11.4 Å². The van der Waals surface area contributed by atoms with Crippen LogP contribution in [0.3, 0.4) is 0 Å². The number of fused-ring (bicyclic) bond motifs is 2. The van der Waals surface area contributed by atoms with Crippen LogP contribution < -0.4 is 19.7 Å². The first-order chi connectivity index (χ1) is 17.2. The van der Waals surface area contributed by atoms with Crippen LogP contribution in [0.5, 0.6) is 11.5 Å². The van der Waals surface area contributed by atoms with Crippen molar-refractivity contribution in [2.75, 3.05) is 24.4 Å². The van der Waals surface area contributed by atoms with E-state index in [4.69, 9.17) is 13.9 Å². The van der Waals surface area contributed by atoms with Gasteiger partial charge in [0.2, 0.25) is 5.78 Å². The predicted octanol–water partition coefficient (Wildman–Crippen LogP) is 4.73. The molecule has 1 unspecified atom stereocenters. The van der Waals surface area contributed by atoms with Crippen molar-refractivity contribution in [3.63, 3.8) is 0 Å². The van der Waals surface area contributed by atoms with Gasteiger partial charge in [-0.2, -0.15) is 0 Å². The molecular formula is C28H24N2O6. The molecular weight excluding hydrogens is 460 g/mol. The normalized spacial score (nSPS) is 16.9. The van der Waals surface area contributed by atoms with Gasteiger partial charge in [-0.05, 0) is 67.9 Å². The number of hydrogen-bond donors (Lipinski definition) is 1. The van der Waals surface area contributed by atoms with Crippen molar-refractivity contribution >= 4 is 39.9 Å². The minimum atomic E-state index is -1.87. The molecule has 182 valence electrons. The molecule has 1 atom stereocenters. The topological polar surface area (TPSA) is 98.1 Å². The summed E-state index contributed by atoms with van der Waals surface area (Å²) >= 11 is 0. The second kappa shape index (κ2) is 8.57. The lowest BCUT2D eigenvalue weighted by Gasteiger charge is -2.38. The Bertz CT molecular complexity index is 1520. The summed E-state index contributed by atoms with van der Waals surface area (Å²) in [6.07, 6.45) is 0. The van der Waals surface area contributed by atoms with Crippen molar-refractivity contribution in [2.24, 2.45) is 0 Å². The number of nitrogens with one attached hydrogen (secondary N) is 1. The summed E-state index contributed by atoms with van der Waals surface area (Å²) in [5, 5.41) is 3.29. The number of amides is 2. The maximum Gasteiger partial charge on any atom is 0.280 e. The number of methoxy groups -OCH3 is 1. The Kier molecular flexibility index (Phi) is 5.51. The van der Waals surface area contributed by atoms with Crippen molar-refractivity contribution in [3.8, 4) is 11.5 Å². The predicted molar refractivity (Wildman–Crippen MR) is 135 cm³/mol. The van der Waals surface area contributed by atoms with Gasteiger partial charge in [0.15, 0.2) is 5.76 Å². The van der Waals surface area contributed by atoms with Gasteiger partial charge in [0.1, 0.15) is 17.1 Å². The molecule has 0 saturated carbocycles. The molecule has 0 radical (unpaired) electrons. The average molecular weight is 485 g/mol. The lowest BCUT2D eigenvalue weighted by atomic mass is 9.99. The summed E-state index contributed by atoms with van der Waals surface area (Å²) < 4.78 is 17.0. The number of carbonyl (C=O) groups excluding carboxylic acids is 3. The van der Waals surface area contributed by atoms with Gasteiger partial charge in [0.25, 0.3) is 17.4 Å². The Balaban J connectivity index is 1.54. The molecule has 0 spiro atoms. The number of aryl methyl sites for hydroxylation is 1. The van der Waals surface area contributed by atoms with Gasteiger partial charge >= 0.3 is 0 Å². The molecule has 8 nitrogen and oxygen atoms in total. The van der Waals surface area contributed by atoms with Gasteiger partial charge in [0.05, 0.1) is 18.5 Å². The van der Waals surface area contributed by atoms with E-state index >= 15 is 0 Å². The van der Waals surface area contributed by atoms with Gasteiger partial charge in [0, 0.05) is 18.0 Å². The molecule has 0 fully saturated rings. The third-order valence-corrected chi connectivity index (χ3v) is 6.33. The number of carbonyl (C=O) groups is 3.